The Hall–Kier alpha value is -1.60. The van der Waals surface area contributed by atoms with Crippen molar-refractivity contribution < 1.29 is 13.2 Å². The van der Waals surface area contributed by atoms with Gasteiger partial charge in [0.2, 0.25) is 10.0 Å². The van der Waals surface area contributed by atoms with Crippen LogP contribution >= 0.6 is 0 Å². The van der Waals surface area contributed by atoms with E-state index in [1.54, 1.807) is 31.1 Å². The maximum atomic E-state index is 11.9. The maximum Gasteiger partial charge on any atom is 0.251 e. The van der Waals surface area contributed by atoms with Crippen molar-refractivity contribution in [3.8, 4) is 0 Å². The molecule has 7 heteroatoms. The largest absolute Gasteiger partial charge is 0.377 e. The lowest BCUT2D eigenvalue weighted by molar-refractivity contribution is 0.0951. The minimum absolute atomic E-state index is 0.0408. The quantitative estimate of drug-likeness (QED) is 0.831. The van der Waals surface area contributed by atoms with E-state index in [1.165, 1.54) is 6.07 Å². The average Bonchev–Trinajstić information content (AvgIpc) is 3.10. The van der Waals surface area contributed by atoms with Gasteiger partial charge in [-0.05, 0) is 31.0 Å². The Morgan fingerprint density at radius 2 is 2.00 bits per heavy atom. The fraction of sp³-hybridized carbons (Fsp3) is 0.417. The summed E-state index contributed by atoms with van der Waals surface area (Å²) in [6.07, 6.45) is 1.95. The summed E-state index contributed by atoms with van der Waals surface area (Å²) >= 11 is 0. The van der Waals surface area contributed by atoms with Crippen molar-refractivity contribution in [2.45, 2.75) is 23.8 Å². The molecule has 0 atom stereocenters. The zero-order valence-corrected chi connectivity index (χ0v) is 11.7. The summed E-state index contributed by atoms with van der Waals surface area (Å²) in [4.78, 5) is 13.5. The van der Waals surface area contributed by atoms with Gasteiger partial charge < -0.3 is 10.2 Å². The van der Waals surface area contributed by atoms with Crippen molar-refractivity contribution >= 4 is 21.6 Å². The molecule has 1 fully saturated rings. The molecule has 104 valence electrons. The van der Waals surface area contributed by atoms with Gasteiger partial charge in [-0.2, -0.15) is 0 Å². The predicted molar refractivity (Wildman–Crippen MR) is 72.6 cm³/mol. The summed E-state index contributed by atoms with van der Waals surface area (Å²) in [6, 6.07) is 4.73. The van der Waals surface area contributed by atoms with E-state index in [9.17, 15) is 13.2 Å². The third kappa shape index (κ3) is 3.24. The smallest absolute Gasteiger partial charge is 0.251 e. The highest BCUT2D eigenvalue weighted by atomic mass is 32.2. The zero-order valence-electron chi connectivity index (χ0n) is 10.9. The van der Waals surface area contributed by atoms with Crippen molar-refractivity contribution in [3.05, 3.63) is 23.8 Å². The normalized spacial score (nSPS) is 15.1. The second-order valence-electron chi connectivity index (χ2n) is 4.87. The molecule has 0 unspecified atom stereocenters. The molecule has 1 aliphatic rings. The minimum atomic E-state index is -3.87. The number of sulfonamides is 1. The molecule has 1 aromatic rings. The van der Waals surface area contributed by atoms with Crippen molar-refractivity contribution in [3.63, 3.8) is 0 Å². The first-order chi connectivity index (χ1) is 8.79. The van der Waals surface area contributed by atoms with Crippen LogP contribution in [0.25, 0.3) is 0 Å². The molecule has 1 aliphatic carbocycles. The van der Waals surface area contributed by atoms with Crippen LogP contribution in [0.15, 0.2) is 23.1 Å². The van der Waals surface area contributed by atoms with Gasteiger partial charge in [0.05, 0.1) is 5.69 Å². The number of nitrogens with two attached hydrogens (primary N) is 1. The van der Waals surface area contributed by atoms with E-state index in [0.717, 1.165) is 12.8 Å². The van der Waals surface area contributed by atoms with E-state index in [2.05, 4.69) is 5.32 Å². The third-order valence-electron chi connectivity index (χ3n) is 2.92. The molecule has 0 radical (unpaired) electrons. The molecule has 0 bridgehead atoms. The molecule has 3 N–H and O–H groups in total. The lowest BCUT2D eigenvalue weighted by Gasteiger charge is -2.17. The molecule has 0 aliphatic heterocycles. The van der Waals surface area contributed by atoms with Gasteiger partial charge in [-0.3, -0.25) is 4.79 Å². The fourth-order valence-corrected chi connectivity index (χ4v) is 2.58. The van der Waals surface area contributed by atoms with Gasteiger partial charge in [0.15, 0.2) is 0 Å². The Morgan fingerprint density at radius 3 is 2.47 bits per heavy atom. The number of carbonyl (C=O) groups is 1. The van der Waals surface area contributed by atoms with Crippen molar-refractivity contribution in [1.29, 1.82) is 0 Å². The zero-order chi connectivity index (χ0) is 14.2. The van der Waals surface area contributed by atoms with E-state index in [-0.39, 0.29) is 16.8 Å². The van der Waals surface area contributed by atoms with E-state index in [1.807, 2.05) is 0 Å². The van der Waals surface area contributed by atoms with Crippen LogP contribution in [-0.2, 0) is 10.0 Å². The molecular weight excluding hydrogens is 266 g/mol. The van der Waals surface area contributed by atoms with Gasteiger partial charge in [-0.15, -0.1) is 0 Å². The number of benzene rings is 1. The molecule has 1 saturated carbocycles. The molecule has 0 aromatic heterocycles. The summed E-state index contributed by atoms with van der Waals surface area (Å²) in [5.74, 6) is -0.266. The Balaban J connectivity index is 2.40. The SMILES string of the molecule is CN(C)c1ccc(C(=O)NC2CC2)cc1S(N)(=O)=O. The number of hydrogen-bond donors (Lipinski definition) is 2. The first kappa shape index (κ1) is 13.8. The average molecular weight is 283 g/mol. The monoisotopic (exact) mass is 283 g/mol. The highest BCUT2D eigenvalue weighted by Crippen LogP contribution is 2.25. The van der Waals surface area contributed by atoms with Crippen LogP contribution in [0.2, 0.25) is 0 Å². The predicted octanol–water partition coefficient (Wildman–Crippen LogP) is 0.292. The number of rotatable bonds is 4. The first-order valence-corrected chi connectivity index (χ1v) is 7.48. The number of carbonyl (C=O) groups excluding carboxylic acids is 1. The number of nitrogens with zero attached hydrogens (tertiary/aromatic N) is 1. The molecule has 2 rings (SSSR count). The first-order valence-electron chi connectivity index (χ1n) is 5.94. The highest BCUT2D eigenvalue weighted by molar-refractivity contribution is 7.89. The van der Waals surface area contributed by atoms with Crippen LogP contribution < -0.4 is 15.4 Å². The van der Waals surface area contributed by atoms with Crippen LogP contribution in [-0.4, -0.2) is 34.5 Å². The minimum Gasteiger partial charge on any atom is -0.377 e. The van der Waals surface area contributed by atoms with Crippen molar-refractivity contribution in [2.24, 2.45) is 5.14 Å². The number of nitrogens with one attached hydrogen (secondary N) is 1. The Morgan fingerprint density at radius 1 is 1.37 bits per heavy atom. The van der Waals surface area contributed by atoms with Crippen LogP contribution in [0.5, 0.6) is 0 Å². The molecule has 0 spiro atoms. The van der Waals surface area contributed by atoms with Gasteiger partial charge in [0, 0.05) is 25.7 Å². The summed E-state index contributed by atoms with van der Waals surface area (Å²) < 4.78 is 23.2. The van der Waals surface area contributed by atoms with Crippen LogP contribution in [0.3, 0.4) is 0 Å². The van der Waals surface area contributed by atoms with Crippen LogP contribution in [0.4, 0.5) is 5.69 Å². The standard InChI is InChI=1S/C12H17N3O3S/c1-15(2)10-6-3-8(7-11(10)19(13,17)18)12(16)14-9-4-5-9/h3,6-7,9H,4-5H2,1-2H3,(H,14,16)(H2,13,17,18). The number of primary sulfonamides is 1. The summed E-state index contributed by atoms with van der Waals surface area (Å²) in [7, 11) is -0.437. The molecule has 1 aromatic carbocycles. The van der Waals surface area contributed by atoms with Crippen molar-refractivity contribution in [1.82, 2.24) is 5.32 Å². The summed E-state index contributed by atoms with van der Waals surface area (Å²) in [5.41, 5.74) is 0.770. The van der Waals surface area contributed by atoms with Crippen LogP contribution in [0, 0.1) is 0 Å². The molecule has 0 saturated heterocycles. The lowest BCUT2D eigenvalue weighted by atomic mass is 10.2. The molecule has 6 nitrogen and oxygen atoms in total. The molecule has 19 heavy (non-hydrogen) atoms. The third-order valence-corrected chi connectivity index (χ3v) is 3.86. The van der Waals surface area contributed by atoms with Gasteiger partial charge >= 0.3 is 0 Å². The highest BCUT2D eigenvalue weighted by Gasteiger charge is 2.25. The van der Waals surface area contributed by atoms with E-state index < -0.39 is 10.0 Å². The topological polar surface area (TPSA) is 92.5 Å². The summed E-state index contributed by atoms with van der Waals surface area (Å²) in [6.45, 7) is 0. The molecule has 1 amide bonds. The van der Waals surface area contributed by atoms with Gasteiger partial charge in [-0.25, -0.2) is 13.6 Å². The van der Waals surface area contributed by atoms with Gasteiger partial charge in [-0.1, -0.05) is 0 Å². The fourth-order valence-electron chi connectivity index (χ4n) is 1.75. The lowest BCUT2D eigenvalue weighted by Crippen LogP contribution is -2.26. The second kappa shape index (κ2) is 4.82. The van der Waals surface area contributed by atoms with E-state index in [0.29, 0.717) is 11.3 Å². The number of anilines is 1. The Kier molecular flexibility index (Phi) is 3.51. The Labute approximate surface area is 112 Å². The Bertz CT molecular complexity index is 607. The second-order valence-corrected chi connectivity index (χ2v) is 6.40. The summed E-state index contributed by atoms with van der Waals surface area (Å²) in [5, 5.41) is 8.00. The molecular formula is C12H17N3O3S. The van der Waals surface area contributed by atoms with Crippen molar-refractivity contribution in [2.75, 3.05) is 19.0 Å². The molecule has 0 heterocycles. The van der Waals surface area contributed by atoms with Crippen LogP contribution in [0.1, 0.15) is 23.2 Å². The maximum absolute atomic E-state index is 11.9. The van der Waals surface area contributed by atoms with Gasteiger partial charge in [0.1, 0.15) is 4.90 Å². The number of amides is 1. The number of hydrogen-bond acceptors (Lipinski definition) is 4. The van der Waals surface area contributed by atoms with E-state index in [4.69, 9.17) is 5.14 Å². The van der Waals surface area contributed by atoms with Gasteiger partial charge in [0.25, 0.3) is 5.91 Å². The van der Waals surface area contributed by atoms with E-state index >= 15 is 0 Å².